The van der Waals surface area contributed by atoms with Gasteiger partial charge >= 0.3 is 0 Å². The molecule has 20 heavy (non-hydrogen) atoms. The van der Waals surface area contributed by atoms with E-state index in [1.54, 1.807) is 0 Å². The molecule has 0 aromatic rings. The molecule has 0 aromatic heterocycles. The van der Waals surface area contributed by atoms with Gasteiger partial charge < -0.3 is 9.64 Å². The number of nitrogens with zero attached hydrogens (tertiary/aromatic N) is 5. The lowest BCUT2D eigenvalue weighted by Crippen LogP contribution is -2.48. The second-order valence-electron chi connectivity index (χ2n) is 5.84. The first-order chi connectivity index (χ1) is 9.58. The molecule has 2 aliphatic heterocycles. The van der Waals surface area contributed by atoms with Gasteiger partial charge in [-0.05, 0) is 25.3 Å². The van der Waals surface area contributed by atoms with Gasteiger partial charge in [-0.1, -0.05) is 5.11 Å². The molecule has 0 saturated carbocycles. The SMILES string of the molecule is C[C@@H]1CN(CCN2CC(CN=[N+]=[N-])CC2=O)C[C@H](C)O1. The van der Waals surface area contributed by atoms with Crippen LogP contribution in [0.3, 0.4) is 0 Å². The third-order valence-corrected chi connectivity index (χ3v) is 3.88. The Kier molecular flexibility index (Phi) is 5.23. The first-order valence-electron chi connectivity index (χ1n) is 7.25. The standard InChI is InChI=1S/C13H23N5O2/c1-10-7-17(8-11(2)20-10)3-4-18-9-12(5-13(18)19)6-15-16-14/h10-12H,3-9H2,1-2H3/t10-,11+,12?. The van der Waals surface area contributed by atoms with Crippen LogP contribution in [-0.2, 0) is 9.53 Å². The molecule has 0 N–H and O–H groups in total. The van der Waals surface area contributed by atoms with Crippen LogP contribution in [0.4, 0.5) is 0 Å². The van der Waals surface area contributed by atoms with E-state index in [2.05, 4.69) is 28.8 Å². The molecule has 1 amide bonds. The van der Waals surface area contributed by atoms with Gasteiger partial charge in [0.15, 0.2) is 0 Å². The Morgan fingerprint density at radius 3 is 2.65 bits per heavy atom. The largest absolute Gasteiger partial charge is 0.373 e. The number of morpholine rings is 1. The molecule has 112 valence electrons. The smallest absolute Gasteiger partial charge is 0.222 e. The summed E-state index contributed by atoms with van der Waals surface area (Å²) in [5.74, 6) is 0.360. The van der Waals surface area contributed by atoms with Crippen LogP contribution in [0.2, 0.25) is 0 Å². The minimum atomic E-state index is 0.178. The van der Waals surface area contributed by atoms with E-state index in [1.165, 1.54) is 0 Å². The highest BCUT2D eigenvalue weighted by Crippen LogP contribution is 2.18. The summed E-state index contributed by atoms with van der Waals surface area (Å²) in [5.41, 5.74) is 8.32. The molecule has 3 atom stereocenters. The van der Waals surface area contributed by atoms with Crippen molar-refractivity contribution in [1.29, 1.82) is 0 Å². The maximum atomic E-state index is 11.9. The average molecular weight is 281 g/mol. The minimum Gasteiger partial charge on any atom is -0.373 e. The normalized spacial score (nSPS) is 31.4. The topological polar surface area (TPSA) is 81.5 Å². The highest BCUT2D eigenvalue weighted by Gasteiger charge is 2.30. The number of hydrogen-bond donors (Lipinski definition) is 0. The van der Waals surface area contributed by atoms with Crippen molar-refractivity contribution in [3.63, 3.8) is 0 Å². The summed E-state index contributed by atoms with van der Waals surface area (Å²) >= 11 is 0. The van der Waals surface area contributed by atoms with Crippen molar-refractivity contribution in [3.05, 3.63) is 10.4 Å². The van der Waals surface area contributed by atoms with Crippen LogP contribution >= 0.6 is 0 Å². The number of ether oxygens (including phenoxy) is 1. The molecule has 0 aliphatic carbocycles. The lowest BCUT2D eigenvalue weighted by Gasteiger charge is -2.36. The summed E-state index contributed by atoms with van der Waals surface area (Å²) < 4.78 is 5.70. The molecule has 2 fully saturated rings. The lowest BCUT2D eigenvalue weighted by molar-refractivity contribution is -0.128. The van der Waals surface area contributed by atoms with Crippen molar-refractivity contribution in [3.8, 4) is 0 Å². The van der Waals surface area contributed by atoms with Crippen LogP contribution in [0, 0.1) is 5.92 Å². The monoisotopic (exact) mass is 281 g/mol. The second kappa shape index (κ2) is 6.92. The molecule has 2 heterocycles. The molecular weight excluding hydrogens is 258 g/mol. The number of hydrogen-bond acceptors (Lipinski definition) is 4. The van der Waals surface area contributed by atoms with Crippen molar-refractivity contribution >= 4 is 5.91 Å². The number of amides is 1. The van der Waals surface area contributed by atoms with Crippen molar-refractivity contribution in [2.75, 3.05) is 39.3 Å². The molecule has 7 nitrogen and oxygen atoms in total. The predicted octanol–water partition coefficient (Wildman–Crippen LogP) is 1.25. The second-order valence-corrected chi connectivity index (χ2v) is 5.84. The Hall–Kier alpha value is -1.30. The third kappa shape index (κ3) is 4.10. The van der Waals surface area contributed by atoms with Crippen LogP contribution in [0.25, 0.3) is 10.4 Å². The fourth-order valence-electron chi connectivity index (χ4n) is 3.07. The van der Waals surface area contributed by atoms with Crippen molar-refractivity contribution < 1.29 is 9.53 Å². The van der Waals surface area contributed by atoms with Gasteiger partial charge in [-0.3, -0.25) is 9.69 Å². The van der Waals surface area contributed by atoms with Gasteiger partial charge in [-0.2, -0.15) is 0 Å². The van der Waals surface area contributed by atoms with E-state index in [-0.39, 0.29) is 24.0 Å². The van der Waals surface area contributed by atoms with Gasteiger partial charge in [0.2, 0.25) is 5.91 Å². The molecular formula is C13H23N5O2. The number of carbonyl (C=O) groups is 1. The van der Waals surface area contributed by atoms with E-state index in [4.69, 9.17) is 10.3 Å². The molecule has 2 rings (SSSR count). The van der Waals surface area contributed by atoms with E-state index in [9.17, 15) is 4.79 Å². The van der Waals surface area contributed by atoms with Gasteiger partial charge in [-0.25, -0.2) is 0 Å². The maximum Gasteiger partial charge on any atom is 0.222 e. The molecule has 0 radical (unpaired) electrons. The fraction of sp³-hybridized carbons (Fsp3) is 0.923. The molecule has 7 heteroatoms. The molecule has 0 aromatic carbocycles. The molecule has 0 spiro atoms. The Labute approximate surface area is 119 Å². The van der Waals surface area contributed by atoms with Crippen LogP contribution in [-0.4, -0.2) is 67.2 Å². The molecule has 2 saturated heterocycles. The van der Waals surface area contributed by atoms with E-state index in [0.29, 0.717) is 19.5 Å². The highest BCUT2D eigenvalue weighted by atomic mass is 16.5. The van der Waals surface area contributed by atoms with Crippen molar-refractivity contribution in [2.24, 2.45) is 11.0 Å². The lowest BCUT2D eigenvalue weighted by atomic mass is 10.1. The maximum absolute atomic E-state index is 11.9. The van der Waals surface area contributed by atoms with Gasteiger partial charge in [0, 0.05) is 50.6 Å². The first-order valence-corrected chi connectivity index (χ1v) is 7.25. The van der Waals surface area contributed by atoms with E-state index in [1.807, 2.05) is 4.90 Å². The fourth-order valence-corrected chi connectivity index (χ4v) is 3.07. The van der Waals surface area contributed by atoms with Crippen LogP contribution in [0.15, 0.2) is 5.11 Å². The van der Waals surface area contributed by atoms with Gasteiger partial charge in [-0.15, -0.1) is 0 Å². The summed E-state index contributed by atoms with van der Waals surface area (Å²) in [6.07, 6.45) is 1.02. The Balaban J connectivity index is 1.76. The summed E-state index contributed by atoms with van der Waals surface area (Å²) in [7, 11) is 0. The van der Waals surface area contributed by atoms with E-state index < -0.39 is 0 Å². The summed E-state index contributed by atoms with van der Waals surface area (Å²) in [4.78, 5) is 18.9. The van der Waals surface area contributed by atoms with Gasteiger partial charge in [0.25, 0.3) is 0 Å². The van der Waals surface area contributed by atoms with E-state index >= 15 is 0 Å². The van der Waals surface area contributed by atoms with Gasteiger partial charge in [0.1, 0.15) is 0 Å². The van der Waals surface area contributed by atoms with E-state index in [0.717, 1.165) is 26.2 Å². The van der Waals surface area contributed by atoms with Gasteiger partial charge in [0.05, 0.1) is 12.2 Å². The zero-order valence-corrected chi connectivity index (χ0v) is 12.2. The molecule has 0 bridgehead atoms. The van der Waals surface area contributed by atoms with Crippen LogP contribution in [0.5, 0.6) is 0 Å². The number of azide groups is 1. The Morgan fingerprint density at radius 2 is 2.00 bits per heavy atom. The number of rotatable bonds is 5. The Bertz CT molecular complexity index is 386. The summed E-state index contributed by atoms with van der Waals surface area (Å²) in [5, 5.41) is 3.57. The number of likely N-dealkylation sites (tertiary alicyclic amines) is 1. The quantitative estimate of drug-likeness (QED) is 0.432. The summed E-state index contributed by atoms with van der Waals surface area (Å²) in [6, 6.07) is 0. The number of carbonyl (C=O) groups excluding carboxylic acids is 1. The third-order valence-electron chi connectivity index (χ3n) is 3.88. The zero-order valence-electron chi connectivity index (χ0n) is 12.2. The van der Waals surface area contributed by atoms with Crippen LogP contribution in [0.1, 0.15) is 20.3 Å². The predicted molar refractivity (Wildman–Crippen MR) is 75.1 cm³/mol. The Morgan fingerprint density at radius 1 is 1.30 bits per heavy atom. The van der Waals surface area contributed by atoms with Crippen molar-refractivity contribution in [2.45, 2.75) is 32.5 Å². The zero-order chi connectivity index (χ0) is 14.5. The first kappa shape index (κ1) is 15.1. The average Bonchev–Trinajstić information content (AvgIpc) is 2.73. The van der Waals surface area contributed by atoms with Crippen molar-refractivity contribution in [1.82, 2.24) is 9.80 Å². The van der Waals surface area contributed by atoms with Crippen LogP contribution < -0.4 is 0 Å². The molecule has 2 aliphatic rings. The minimum absolute atomic E-state index is 0.178. The highest BCUT2D eigenvalue weighted by molar-refractivity contribution is 5.78. The molecule has 1 unspecified atom stereocenters. The summed E-state index contributed by atoms with van der Waals surface area (Å²) in [6.45, 7) is 8.79.